The molecular formula is C24H28N2O5S2. The van der Waals surface area contributed by atoms with Gasteiger partial charge < -0.3 is 4.74 Å². The van der Waals surface area contributed by atoms with Gasteiger partial charge in [0.25, 0.3) is 20.0 Å². The molecule has 0 heterocycles. The Labute approximate surface area is 195 Å². The van der Waals surface area contributed by atoms with Crippen LogP contribution in [0.2, 0.25) is 0 Å². The minimum atomic E-state index is -3.87. The number of rotatable bonds is 8. The van der Waals surface area contributed by atoms with Crippen molar-refractivity contribution >= 4 is 31.4 Å². The molecule has 0 aromatic heterocycles. The molecule has 0 radical (unpaired) electrons. The van der Waals surface area contributed by atoms with E-state index in [0.717, 1.165) is 16.7 Å². The second-order valence-electron chi connectivity index (χ2n) is 8.11. The molecule has 0 aliphatic heterocycles. The van der Waals surface area contributed by atoms with Gasteiger partial charge in [-0.05, 0) is 79.4 Å². The van der Waals surface area contributed by atoms with Gasteiger partial charge in [0.05, 0.1) is 22.6 Å². The Bertz CT molecular complexity index is 1360. The molecule has 0 fully saturated rings. The number of benzene rings is 3. The van der Waals surface area contributed by atoms with E-state index in [1.54, 1.807) is 18.2 Å². The topological polar surface area (TPSA) is 102 Å². The molecule has 0 saturated heterocycles. The zero-order chi connectivity index (χ0) is 24.4. The van der Waals surface area contributed by atoms with Gasteiger partial charge in [0.1, 0.15) is 5.75 Å². The van der Waals surface area contributed by atoms with Crippen LogP contribution in [0.1, 0.15) is 36.5 Å². The summed E-state index contributed by atoms with van der Waals surface area (Å²) in [7, 11) is -6.16. The normalized spacial score (nSPS) is 11.9. The number of hydrogen-bond acceptors (Lipinski definition) is 5. The first kappa shape index (κ1) is 24.6. The lowest BCUT2D eigenvalue weighted by Crippen LogP contribution is -2.15. The molecular weight excluding hydrogens is 460 g/mol. The van der Waals surface area contributed by atoms with E-state index in [9.17, 15) is 16.8 Å². The van der Waals surface area contributed by atoms with Gasteiger partial charge in [-0.2, -0.15) is 0 Å². The Hall–Kier alpha value is -3.04. The predicted molar refractivity (Wildman–Crippen MR) is 131 cm³/mol. The maximum atomic E-state index is 12.9. The van der Waals surface area contributed by atoms with Crippen molar-refractivity contribution in [3.63, 3.8) is 0 Å². The van der Waals surface area contributed by atoms with Crippen molar-refractivity contribution in [2.45, 2.75) is 43.4 Å². The van der Waals surface area contributed by atoms with Crippen molar-refractivity contribution in [3.05, 3.63) is 77.4 Å². The number of sulfonamides is 2. The van der Waals surface area contributed by atoms with Gasteiger partial charge >= 0.3 is 0 Å². The summed E-state index contributed by atoms with van der Waals surface area (Å²) in [4.78, 5) is 0.122. The fourth-order valence-electron chi connectivity index (χ4n) is 3.38. The lowest BCUT2D eigenvalue weighted by Gasteiger charge is -2.15. The SMILES string of the molecule is COc1ccc(S(=O)(=O)Nc2ccc(S(=O)(=O)Nc3ccc(C)cc3C)cc2)cc1C(C)C. The average Bonchev–Trinajstić information content (AvgIpc) is 2.75. The minimum absolute atomic E-state index is 0.0250. The highest BCUT2D eigenvalue weighted by Crippen LogP contribution is 2.30. The molecule has 3 aromatic rings. The average molecular weight is 489 g/mol. The minimum Gasteiger partial charge on any atom is -0.496 e. The van der Waals surface area contributed by atoms with Gasteiger partial charge in [-0.1, -0.05) is 31.5 Å². The highest BCUT2D eigenvalue weighted by atomic mass is 32.2. The standard InChI is InChI=1S/C24H28N2O5S2/c1-16(2)22-15-21(11-13-24(22)31-5)33(29,30)25-19-7-9-20(10-8-19)32(27,28)26-23-12-6-17(3)14-18(23)4/h6-16,25-26H,1-5H3. The van der Waals surface area contributed by atoms with Crippen LogP contribution in [0.15, 0.2) is 70.5 Å². The maximum Gasteiger partial charge on any atom is 0.261 e. The van der Waals surface area contributed by atoms with Crippen molar-refractivity contribution in [2.24, 2.45) is 0 Å². The van der Waals surface area contributed by atoms with Gasteiger partial charge in [0.15, 0.2) is 0 Å². The number of aryl methyl sites for hydroxylation is 2. The van der Waals surface area contributed by atoms with Crippen LogP contribution in [0, 0.1) is 13.8 Å². The molecule has 0 bridgehead atoms. The third kappa shape index (κ3) is 5.66. The van der Waals surface area contributed by atoms with E-state index in [1.807, 2.05) is 39.8 Å². The molecule has 0 aliphatic carbocycles. The second-order valence-corrected chi connectivity index (χ2v) is 11.5. The van der Waals surface area contributed by atoms with Gasteiger partial charge in [-0.3, -0.25) is 9.44 Å². The van der Waals surface area contributed by atoms with Crippen LogP contribution >= 0.6 is 0 Å². The zero-order valence-corrected chi connectivity index (χ0v) is 20.8. The van der Waals surface area contributed by atoms with Crippen molar-refractivity contribution in [1.29, 1.82) is 0 Å². The monoisotopic (exact) mass is 488 g/mol. The first-order chi connectivity index (χ1) is 15.4. The van der Waals surface area contributed by atoms with Crippen molar-refractivity contribution in [3.8, 4) is 5.75 Å². The van der Waals surface area contributed by atoms with Gasteiger partial charge in [-0.15, -0.1) is 0 Å². The first-order valence-electron chi connectivity index (χ1n) is 10.3. The summed E-state index contributed by atoms with van der Waals surface area (Å²) in [5, 5.41) is 0. The highest BCUT2D eigenvalue weighted by molar-refractivity contribution is 7.93. The molecule has 0 amide bonds. The molecule has 33 heavy (non-hydrogen) atoms. The third-order valence-corrected chi connectivity index (χ3v) is 7.94. The fourth-order valence-corrected chi connectivity index (χ4v) is 5.60. The predicted octanol–water partition coefficient (Wildman–Crippen LogP) is 5.04. The number of nitrogens with one attached hydrogen (secondary N) is 2. The summed E-state index contributed by atoms with van der Waals surface area (Å²) in [5.41, 5.74) is 3.36. The summed E-state index contributed by atoms with van der Waals surface area (Å²) >= 11 is 0. The molecule has 0 spiro atoms. The highest BCUT2D eigenvalue weighted by Gasteiger charge is 2.19. The van der Waals surface area contributed by atoms with E-state index >= 15 is 0 Å². The molecule has 0 atom stereocenters. The summed E-state index contributed by atoms with van der Waals surface area (Å²) in [6.45, 7) is 7.66. The van der Waals surface area contributed by atoms with E-state index in [0.29, 0.717) is 11.4 Å². The van der Waals surface area contributed by atoms with Crippen LogP contribution in [0.3, 0.4) is 0 Å². The van der Waals surface area contributed by atoms with Crippen LogP contribution in [0.25, 0.3) is 0 Å². The Morgan fingerprint density at radius 1 is 0.758 bits per heavy atom. The first-order valence-corrected chi connectivity index (χ1v) is 13.3. The van der Waals surface area contributed by atoms with Crippen LogP contribution in [0.5, 0.6) is 5.75 Å². The molecule has 176 valence electrons. The molecule has 0 unspecified atom stereocenters. The number of anilines is 2. The van der Waals surface area contributed by atoms with E-state index in [2.05, 4.69) is 9.44 Å². The van der Waals surface area contributed by atoms with Gasteiger partial charge in [0.2, 0.25) is 0 Å². The Morgan fingerprint density at radius 2 is 1.36 bits per heavy atom. The van der Waals surface area contributed by atoms with Crippen molar-refractivity contribution < 1.29 is 21.6 Å². The smallest absolute Gasteiger partial charge is 0.261 e. The van der Waals surface area contributed by atoms with E-state index < -0.39 is 20.0 Å². The summed E-state index contributed by atoms with van der Waals surface area (Å²) in [5.74, 6) is 0.694. The van der Waals surface area contributed by atoms with E-state index in [4.69, 9.17) is 4.74 Å². The lowest BCUT2D eigenvalue weighted by atomic mass is 10.0. The van der Waals surface area contributed by atoms with Crippen LogP contribution in [0.4, 0.5) is 11.4 Å². The molecule has 7 nitrogen and oxygen atoms in total. The van der Waals surface area contributed by atoms with Crippen LogP contribution < -0.4 is 14.2 Å². The lowest BCUT2D eigenvalue weighted by molar-refractivity contribution is 0.407. The molecule has 9 heteroatoms. The third-order valence-electron chi connectivity index (χ3n) is 5.18. The maximum absolute atomic E-state index is 12.9. The molecule has 0 aliphatic rings. The molecule has 3 rings (SSSR count). The Kier molecular flexibility index (Phi) is 7.04. The summed E-state index contributed by atoms with van der Waals surface area (Å²) in [6.07, 6.45) is 0. The number of ether oxygens (including phenoxy) is 1. The fraction of sp³-hybridized carbons (Fsp3) is 0.250. The molecule has 0 saturated carbocycles. The molecule has 3 aromatic carbocycles. The quantitative estimate of drug-likeness (QED) is 0.463. The zero-order valence-electron chi connectivity index (χ0n) is 19.2. The van der Waals surface area contributed by atoms with Gasteiger partial charge in [-0.25, -0.2) is 16.8 Å². The van der Waals surface area contributed by atoms with Crippen LogP contribution in [-0.4, -0.2) is 23.9 Å². The van der Waals surface area contributed by atoms with Gasteiger partial charge in [0, 0.05) is 5.69 Å². The van der Waals surface area contributed by atoms with E-state index in [1.165, 1.54) is 37.4 Å². The Morgan fingerprint density at radius 3 is 1.94 bits per heavy atom. The van der Waals surface area contributed by atoms with E-state index in [-0.39, 0.29) is 21.4 Å². The number of hydrogen-bond donors (Lipinski definition) is 2. The number of methoxy groups -OCH3 is 1. The largest absolute Gasteiger partial charge is 0.496 e. The molecule has 2 N–H and O–H groups in total. The Balaban J connectivity index is 1.82. The van der Waals surface area contributed by atoms with Crippen molar-refractivity contribution in [1.82, 2.24) is 0 Å². The van der Waals surface area contributed by atoms with Crippen LogP contribution in [-0.2, 0) is 20.0 Å². The summed E-state index contributed by atoms with van der Waals surface area (Å²) < 4.78 is 61.7. The summed E-state index contributed by atoms with van der Waals surface area (Å²) in [6, 6.07) is 15.7. The van der Waals surface area contributed by atoms with Crippen molar-refractivity contribution in [2.75, 3.05) is 16.6 Å². The second kappa shape index (κ2) is 9.44.